The third kappa shape index (κ3) is 533. The first-order chi connectivity index (χ1) is 3.15. The zero-order valence-corrected chi connectivity index (χ0v) is 5.60. The van der Waals surface area contributed by atoms with Gasteiger partial charge in [0.15, 0.2) is 0 Å². The van der Waals surface area contributed by atoms with Crippen LogP contribution in [-0.4, -0.2) is 19.9 Å². The van der Waals surface area contributed by atoms with Gasteiger partial charge in [0.05, 0.1) is 11.4 Å². The summed E-state index contributed by atoms with van der Waals surface area (Å²) < 4.78 is 24.1. The Labute approximate surface area is 62.6 Å². The second-order valence-electron chi connectivity index (χ2n) is 0.506. The van der Waals surface area contributed by atoms with E-state index in [4.69, 9.17) is 18.4 Å². The van der Waals surface area contributed by atoms with Crippen molar-refractivity contribution >= 4 is 11.4 Å². The van der Waals surface area contributed by atoms with E-state index in [1.807, 2.05) is 0 Å². The van der Waals surface area contributed by atoms with E-state index in [-0.39, 0.29) is 25.5 Å². The minimum absolute atomic E-state index is 0. The fourth-order valence-corrected chi connectivity index (χ4v) is 0. The molecule has 0 aliphatic carbocycles. The predicted octanol–water partition coefficient (Wildman–Crippen LogP) is -4.29. The van der Waals surface area contributed by atoms with Gasteiger partial charge in [-0.3, -0.25) is 0 Å². The van der Waals surface area contributed by atoms with E-state index in [1.165, 1.54) is 0 Å². The maximum absolute atomic E-state index is 8.93. The van der Waals surface area contributed by atoms with Crippen LogP contribution >= 0.6 is 0 Å². The number of rotatable bonds is 0. The van der Waals surface area contributed by atoms with E-state index in [0.717, 1.165) is 0 Å². The Kier molecular flexibility index (Phi) is 31.0. The van der Waals surface area contributed by atoms with E-state index in [0.29, 0.717) is 0 Å². The molecule has 0 saturated carbocycles. The molecular formula is C2H6LiO4S-. The van der Waals surface area contributed by atoms with Gasteiger partial charge < -0.3 is 14.2 Å². The van der Waals surface area contributed by atoms with E-state index in [9.17, 15) is 0 Å². The van der Waals surface area contributed by atoms with Gasteiger partial charge in [-0.1, -0.05) is 6.92 Å². The van der Waals surface area contributed by atoms with Gasteiger partial charge in [0.25, 0.3) is 0 Å². The first-order valence-corrected chi connectivity index (χ1v) is 2.54. The van der Waals surface area contributed by atoms with E-state index in [2.05, 4.69) is 0 Å². The van der Waals surface area contributed by atoms with Crippen LogP contribution < -0.4 is 24.0 Å². The summed E-state index contributed by atoms with van der Waals surface area (Å²) >= 11 is -2.86. The maximum atomic E-state index is 8.93. The van der Waals surface area contributed by atoms with Gasteiger partial charge in [-0.25, -0.2) is 4.21 Å². The molecule has 0 fully saturated rings. The molecule has 0 heterocycles. The summed E-state index contributed by atoms with van der Waals surface area (Å²) in [6.07, 6.45) is 0. The summed E-state index contributed by atoms with van der Waals surface area (Å²) in [6, 6.07) is 0. The van der Waals surface area contributed by atoms with E-state index < -0.39 is 11.4 Å². The minimum atomic E-state index is -2.86. The number of hydrogen-bond donors (Lipinski definition) is 1. The Hall–Kier alpha value is 0.627. The molecule has 8 heavy (non-hydrogen) atoms. The van der Waals surface area contributed by atoms with Crippen molar-refractivity contribution in [3.05, 3.63) is 0 Å². The normalized spacial score (nSPS) is 10.0. The molecule has 6 heteroatoms. The fraction of sp³-hybridized carbons (Fsp3) is 1.00. The quantitative estimate of drug-likeness (QED) is 0.268. The van der Waals surface area contributed by atoms with Gasteiger partial charge >= 0.3 is 18.9 Å². The van der Waals surface area contributed by atoms with Crippen molar-refractivity contribution in [1.29, 1.82) is 0 Å². The van der Waals surface area contributed by atoms with Crippen LogP contribution in [0.25, 0.3) is 0 Å². The largest absolute Gasteiger partial charge is 1.00 e. The Balaban J connectivity index is -0.0000000575. The Morgan fingerprint density at radius 3 is 1.75 bits per heavy atom. The molecule has 0 radical (unpaired) electrons. The summed E-state index contributed by atoms with van der Waals surface area (Å²) in [6.45, 7) is 1.57. The Bertz CT molecular complexity index is 45.3. The minimum Gasteiger partial charge on any atom is -0.855 e. The van der Waals surface area contributed by atoms with E-state index in [1.54, 1.807) is 6.92 Å². The van der Waals surface area contributed by atoms with Crippen LogP contribution in [0.2, 0.25) is 0 Å². The molecule has 0 bridgehead atoms. The molecule has 4 nitrogen and oxygen atoms in total. The zero-order chi connectivity index (χ0) is 6.28. The molecule has 0 aromatic rings. The first kappa shape index (κ1) is 15.8. The van der Waals surface area contributed by atoms with Crippen LogP contribution in [0.5, 0.6) is 0 Å². The molecule has 0 rings (SSSR count). The molecule has 0 aliphatic rings. The van der Waals surface area contributed by atoms with Crippen LogP contribution in [0.15, 0.2) is 0 Å². The maximum Gasteiger partial charge on any atom is 1.00 e. The Morgan fingerprint density at radius 1 is 1.75 bits per heavy atom. The Morgan fingerprint density at radius 2 is 1.75 bits per heavy atom. The molecule has 0 aliphatic heterocycles. The van der Waals surface area contributed by atoms with Gasteiger partial charge in [0.1, 0.15) is 0 Å². The van der Waals surface area contributed by atoms with Crippen LogP contribution in [0, 0.1) is 0 Å². The third-order valence-electron chi connectivity index (χ3n) is 0. The average molecular weight is 133 g/mol. The van der Waals surface area contributed by atoms with Gasteiger partial charge in [-0.05, 0) is 0 Å². The standard InChI is InChI=1S/C2H5O.Li.H2O3S/c1-2-3;;1-4(2)3/h2H2,1H3;;(H2,1,2,3)/q-1;+1;/p-1. The van der Waals surface area contributed by atoms with Crippen molar-refractivity contribution in [2.24, 2.45) is 0 Å². The number of hydrogen-bond acceptors (Lipinski definition) is 3. The SMILES string of the molecule is CC[O-].O=S([O-])O.[Li+]. The fourth-order valence-electron chi connectivity index (χ4n) is 0. The molecule has 1 unspecified atom stereocenters. The summed E-state index contributed by atoms with van der Waals surface area (Å²) in [4.78, 5) is 0. The molecule has 1 N–H and O–H groups in total. The van der Waals surface area contributed by atoms with Gasteiger partial charge in [-0.15, -0.1) is 6.61 Å². The summed E-state index contributed by atoms with van der Waals surface area (Å²) in [5.41, 5.74) is 0. The molecule has 1 atom stereocenters. The average Bonchev–Trinajstić information content (AvgIpc) is 1.33. The molecular weight excluding hydrogens is 127 g/mol. The van der Waals surface area contributed by atoms with Crippen molar-refractivity contribution in [2.75, 3.05) is 6.61 Å². The molecule has 46 valence electrons. The van der Waals surface area contributed by atoms with Crippen LogP contribution in [0.4, 0.5) is 0 Å². The zero-order valence-electron chi connectivity index (χ0n) is 4.79. The molecule has 0 aromatic carbocycles. The third-order valence-corrected chi connectivity index (χ3v) is 0. The van der Waals surface area contributed by atoms with Gasteiger partial charge in [0.2, 0.25) is 0 Å². The molecule has 0 spiro atoms. The molecule has 0 saturated heterocycles. The van der Waals surface area contributed by atoms with Crippen molar-refractivity contribution in [3.63, 3.8) is 0 Å². The van der Waals surface area contributed by atoms with Gasteiger partial charge in [-0.2, -0.15) is 0 Å². The van der Waals surface area contributed by atoms with Crippen molar-refractivity contribution in [1.82, 2.24) is 0 Å². The molecule has 0 aromatic heterocycles. The van der Waals surface area contributed by atoms with E-state index >= 15 is 0 Å². The van der Waals surface area contributed by atoms with Crippen LogP contribution in [0.1, 0.15) is 6.92 Å². The monoisotopic (exact) mass is 133 g/mol. The van der Waals surface area contributed by atoms with Gasteiger partial charge in [0, 0.05) is 0 Å². The molecule has 0 amide bonds. The summed E-state index contributed by atoms with van der Waals surface area (Å²) in [5.74, 6) is 0. The second-order valence-corrected chi connectivity index (χ2v) is 0.940. The summed E-state index contributed by atoms with van der Waals surface area (Å²) in [7, 11) is 0. The predicted molar refractivity (Wildman–Crippen MR) is 22.1 cm³/mol. The smallest absolute Gasteiger partial charge is 0.855 e. The van der Waals surface area contributed by atoms with Crippen LogP contribution in [-0.2, 0) is 11.4 Å². The summed E-state index contributed by atoms with van der Waals surface area (Å²) in [5, 5.41) is 8.93. The van der Waals surface area contributed by atoms with Crippen molar-refractivity contribution < 1.29 is 37.3 Å². The van der Waals surface area contributed by atoms with Crippen LogP contribution in [0.3, 0.4) is 0 Å². The van der Waals surface area contributed by atoms with Crippen molar-refractivity contribution in [3.8, 4) is 0 Å². The second kappa shape index (κ2) is 15.6. The topological polar surface area (TPSA) is 83.4 Å². The first-order valence-electron chi connectivity index (χ1n) is 1.51. The van der Waals surface area contributed by atoms with Crippen molar-refractivity contribution in [2.45, 2.75) is 6.92 Å².